The van der Waals surface area contributed by atoms with E-state index in [9.17, 15) is 14.6 Å². The first kappa shape index (κ1) is 15.7. The van der Waals surface area contributed by atoms with Gasteiger partial charge in [0.2, 0.25) is 0 Å². The van der Waals surface area contributed by atoms with Crippen molar-refractivity contribution in [2.75, 3.05) is 5.32 Å². The minimum atomic E-state index is -0.702. The number of rotatable bonds is 3. The van der Waals surface area contributed by atoms with Gasteiger partial charge in [-0.3, -0.25) is 0 Å². The normalized spacial score (nSPS) is 11.0. The van der Waals surface area contributed by atoms with Gasteiger partial charge in [-0.1, -0.05) is 23.2 Å². The Hall–Kier alpha value is -2.15. The highest BCUT2D eigenvalue weighted by Gasteiger charge is 2.14. The van der Waals surface area contributed by atoms with E-state index < -0.39 is 5.82 Å². The van der Waals surface area contributed by atoms with Crippen LogP contribution in [0.25, 0.3) is 10.9 Å². The van der Waals surface area contributed by atoms with Crippen molar-refractivity contribution in [2.24, 2.45) is 0 Å². The molecule has 0 saturated heterocycles. The number of anilines is 2. The molecule has 0 saturated carbocycles. The first-order valence-corrected chi connectivity index (χ1v) is 7.25. The number of phenols is 1. The summed E-state index contributed by atoms with van der Waals surface area (Å²) in [5.41, 5.74) is 0.848. The molecular formula is C15H10Cl2FN3O2. The molecule has 3 rings (SSSR count). The van der Waals surface area contributed by atoms with E-state index in [2.05, 4.69) is 15.3 Å². The first-order valence-electron chi connectivity index (χ1n) is 6.49. The van der Waals surface area contributed by atoms with Gasteiger partial charge in [0, 0.05) is 17.0 Å². The summed E-state index contributed by atoms with van der Waals surface area (Å²) in [5, 5.41) is 22.3. The number of hydrogen-bond acceptors (Lipinski definition) is 5. The topological polar surface area (TPSA) is 78.3 Å². The van der Waals surface area contributed by atoms with E-state index in [-0.39, 0.29) is 28.1 Å². The zero-order valence-electron chi connectivity index (χ0n) is 11.5. The summed E-state index contributed by atoms with van der Waals surface area (Å²) in [6.45, 7) is -0.350. The van der Waals surface area contributed by atoms with Gasteiger partial charge in [-0.25, -0.2) is 14.4 Å². The Kier molecular flexibility index (Phi) is 4.21. The maximum atomic E-state index is 14.2. The quantitative estimate of drug-likeness (QED) is 0.620. The van der Waals surface area contributed by atoms with Crippen LogP contribution in [0.4, 0.5) is 15.9 Å². The summed E-state index contributed by atoms with van der Waals surface area (Å²) in [4.78, 5) is 8.11. The number of hydrogen-bond donors (Lipinski definition) is 3. The number of aliphatic hydroxyl groups excluding tert-OH is 1. The third kappa shape index (κ3) is 2.88. The van der Waals surface area contributed by atoms with Crippen LogP contribution in [0.5, 0.6) is 5.75 Å². The van der Waals surface area contributed by atoms with Crippen molar-refractivity contribution in [3.63, 3.8) is 0 Å². The molecule has 0 aliphatic heterocycles. The molecule has 0 aliphatic carbocycles. The smallest absolute Gasteiger partial charge is 0.166 e. The molecule has 0 unspecified atom stereocenters. The third-order valence-corrected chi connectivity index (χ3v) is 4.08. The molecule has 23 heavy (non-hydrogen) atoms. The molecule has 8 heteroatoms. The van der Waals surface area contributed by atoms with Crippen LogP contribution in [0, 0.1) is 5.82 Å². The minimum absolute atomic E-state index is 0.0784. The van der Waals surface area contributed by atoms with Gasteiger partial charge in [0.1, 0.15) is 17.9 Å². The van der Waals surface area contributed by atoms with Crippen LogP contribution in [0.15, 0.2) is 30.6 Å². The molecule has 1 aromatic heterocycles. The molecule has 3 aromatic rings. The largest absolute Gasteiger partial charge is 0.508 e. The average molecular weight is 354 g/mol. The van der Waals surface area contributed by atoms with E-state index in [1.807, 2.05) is 0 Å². The number of benzene rings is 2. The molecule has 0 atom stereocenters. The average Bonchev–Trinajstić information content (AvgIpc) is 2.55. The maximum absolute atomic E-state index is 14.2. The number of nitrogens with zero attached hydrogens (tertiary/aromatic N) is 2. The summed E-state index contributed by atoms with van der Waals surface area (Å²) >= 11 is 11.5. The monoisotopic (exact) mass is 353 g/mol. The van der Waals surface area contributed by atoms with Gasteiger partial charge in [0.05, 0.1) is 27.9 Å². The predicted molar refractivity (Wildman–Crippen MR) is 86.8 cm³/mol. The van der Waals surface area contributed by atoms with Gasteiger partial charge in [0.25, 0.3) is 0 Å². The Balaban J connectivity index is 2.12. The fourth-order valence-electron chi connectivity index (χ4n) is 2.11. The standard InChI is InChI=1S/C15H10Cl2FN3O2/c16-9-1-2-10(14(18)13(9)17)21-15-8-3-7(5-22)12(23)4-11(8)19-6-20-15/h1-4,6,22-23H,5H2,(H,19,20,21). The van der Waals surface area contributed by atoms with Crippen molar-refractivity contribution >= 4 is 45.6 Å². The summed E-state index contributed by atoms with van der Waals surface area (Å²) < 4.78 is 14.2. The van der Waals surface area contributed by atoms with E-state index >= 15 is 0 Å². The Morgan fingerprint density at radius 1 is 1.17 bits per heavy atom. The molecule has 0 fully saturated rings. The van der Waals surface area contributed by atoms with E-state index in [1.54, 1.807) is 0 Å². The second-order valence-electron chi connectivity index (χ2n) is 4.73. The highest BCUT2D eigenvalue weighted by molar-refractivity contribution is 6.42. The molecular weight excluding hydrogens is 344 g/mol. The lowest BCUT2D eigenvalue weighted by Gasteiger charge is -2.11. The van der Waals surface area contributed by atoms with Crippen LogP contribution in [0.2, 0.25) is 10.0 Å². The van der Waals surface area contributed by atoms with Crippen molar-refractivity contribution < 1.29 is 14.6 Å². The second kappa shape index (κ2) is 6.16. The Morgan fingerprint density at radius 2 is 1.96 bits per heavy atom. The molecule has 3 N–H and O–H groups in total. The van der Waals surface area contributed by atoms with Crippen LogP contribution in [-0.2, 0) is 6.61 Å². The van der Waals surface area contributed by atoms with Crippen LogP contribution in [-0.4, -0.2) is 20.2 Å². The summed E-state index contributed by atoms with van der Waals surface area (Å²) in [6, 6.07) is 5.83. The number of aliphatic hydroxyl groups is 1. The zero-order chi connectivity index (χ0) is 16.6. The first-order chi connectivity index (χ1) is 11.0. The van der Waals surface area contributed by atoms with Crippen molar-refractivity contribution in [3.8, 4) is 5.75 Å². The Morgan fingerprint density at radius 3 is 2.70 bits per heavy atom. The summed E-state index contributed by atoms with van der Waals surface area (Å²) in [7, 11) is 0. The Bertz CT molecular complexity index is 906. The number of nitrogens with one attached hydrogen (secondary N) is 1. The van der Waals surface area contributed by atoms with E-state index in [4.69, 9.17) is 23.2 Å². The highest BCUT2D eigenvalue weighted by Crippen LogP contribution is 2.33. The van der Waals surface area contributed by atoms with Gasteiger partial charge >= 0.3 is 0 Å². The van der Waals surface area contributed by atoms with Crippen molar-refractivity contribution in [2.45, 2.75) is 6.61 Å². The molecule has 0 bridgehead atoms. The number of halogens is 3. The predicted octanol–water partition coefficient (Wildman–Crippen LogP) is 4.02. The van der Waals surface area contributed by atoms with Crippen LogP contribution >= 0.6 is 23.2 Å². The van der Waals surface area contributed by atoms with E-state index in [0.717, 1.165) is 0 Å². The number of aromatic hydroxyl groups is 1. The van der Waals surface area contributed by atoms with Gasteiger partial charge in [0.15, 0.2) is 5.82 Å². The van der Waals surface area contributed by atoms with Crippen molar-refractivity contribution in [3.05, 3.63) is 52.0 Å². The van der Waals surface area contributed by atoms with Gasteiger partial charge < -0.3 is 15.5 Å². The van der Waals surface area contributed by atoms with Crippen molar-refractivity contribution in [1.29, 1.82) is 0 Å². The van der Waals surface area contributed by atoms with Gasteiger partial charge in [-0.15, -0.1) is 0 Å². The zero-order valence-corrected chi connectivity index (χ0v) is 13.0. The number of aromatic nitrogens is 2. The van der Waals surface area contributed by atoms with Crippen molar-refractivity contribution in [1.82, 2.24) is 9.97 Å². The minimum Gasteiger partial charge on any atom is -0.508 e. The molecule has 2 aromatic carbocycles. The summed E-state index contributed by atoms with van der Waals surface area (Å²) in [6.07, 6.45) is 1.28. The molecule has 0 radical (unpaired) electrons. The lowest BCUT2D eigenvalue weighted by molar-refractivity contribution is 0.276. The SMILES string of the molecule is OCc1cc2c(Nc3ccc(Cl)c(Cl)c3F)ncnc2cc1O. The molecule has 0 aliphatic rings. The highest BCUT2D eigenvalue weighted by atomic mass is 35.5. The Labute approximate surface area is 140 Å². The van der Waals surface area contributed by atoms with E-state index in [0.29, 0.717) is 22.3 Å². The van der Waals surface area contributed by atoms with Gasteiger partial charge in [-0.2, -0.15) is 0 Å². The molecule has 0 spiro atoms. The molecule has 1 heterocycles. The fourth-order valence-corrected chi connectivity index (χ4v) is 2.42. The van der Waals surface area contributed by atoms with E-state index in [1.165, 1.54) is 30.6 Å². The van der Waals surface area contributed by atoms with Crippen LogP contribution in [0.3, 0.4) is 0 Å². The lowest BCUT2D eigenvalue weighted by Crippen LogP contribution is -1.99. The number of fused-ring (bicyclic) bond motifs is 1. The van der Waals surface area contributed by atoms with Crippen LogP contribution in [0.1, 0.15) is 5.56 Å². The summed E-state index contributed by atoms with van der Waals surface area (Å²) in [5.74, 6) is -0.473. The fraction of sp³-hybridized carbons (Fsp3) is 0.0667. The lowest BCUT2D eigenvalue weighted by atomic mass is 10.1. The molecule has 5 nitrogen and oxygen atoms in total. The second-order valence-corrected chi connectivity index (χ2v) is 5.51. The molecule has 118 valence electrons. The molecule has 0 amide bonds. The van der Waals surface area contributed by atoms with Gasteiger partial charge in [-0.05, 0) is 18.2 Å². The third-order valence-electron chi connectivity index (χ3n) is 3.29. The maximum Gasteiger partial charge on any atom is 0.166 e. The van der Waals surface area contributed by atoms with Crippen LogP contribution < -0.4 is 5.32 Å².